The van der Waals surface area contributed by atoms with Gasteiger partial charge in [-0.25, -0.2) is 4.68 Å². The fourth-order valence-corrected chi connectivity index (χ4v) is 7.15. The van der Waals surface area contributed by atoms with E-state index in [0.717, 1.165) is 63.2 Å². The predicted molar refractivity (Wildman–Crippen MR) is 159 cm³/mol. The SMILES string of the molecule is CCC(=O)C([C@@H]1CNC[C@@H]1c1ccccc1)N1CCC2(CCN(Cc3ccc(-n4cccn4)cc3)C2=O)CC1.Cl. The molecule has 4 heterocycles. The molecule has 8 heteroatoms. The summed E-state index contributed by atoms with van der Waals surface area (Å²) in [5, 5.41) is 7.86. The normalized spacial score (nSPS) is 23.3. The number of carbonyl (C=O) groups is 2. The van der Waals surface area contributed by atoms with E-state index in [1.54, 1.807) is 6.20 Å². The Morgan fingerprint density at radius 3 is 2.40 bits per heavy atom. The molecule has 7 nitrogen and oxygen atoms in total. The summed E-state index contributed by atoms with van der Waals surface area (Å²) in [6.45, 7) is 6.84. The predicted octanol–water partition coefficient (Wildman–Crippen LogP) is 4.46. The Balaban J connectivity index is 0.00000323. The van der Waals surface area contributed by atoms with Gasteiger partial charge in [-0.2, -0.15) is 5.10 Å². The van der Waals surface area contributed by atoms with Gasteiger partial charge in [0.15, 0.2) is 0 Å². The van der Waals surface area contributed by atoms with Crippen molar-refractivity contribution in [3.63, 3.8) is 0 Å². The zero-order valence-corrected chi connectivity index (χ0v) is 24.1. The number of benzene rings is 2. The van der Waals surface area contributed by atoms with E-state index in [9.17, 15) is 9.59 Å². The minimum atomic E-state index is -0.280. The van der Waals surface area contributed by atoms with E-state index in [2.05, 4.69) is 69.9 Å². The average molecular weight is 562 g/mol. The molecule has 1 unspecified atom stereocenters. The minimum absolute atomic E-state index is 0. The van der Waals surface area contributed by atoms with Crippen LogP contribution in [0.5, 0.6) is 0 Å². The molecule has 1 amide bonds. The van der Waals surface area contributed by atoms with Crippen LogP contribution < -0.4 is 5.32 Å². The first-order valence-electron chi connectivity index (χ1n) is 14.5. The Hall–Kier alpha value is -3.00. The quantitative estimate of drug-likeness (QED) is 0.440. The Morgan fingerprint density at radius 1 is 1.00 bits per heavy atom. The molecule has 3 atom stereocenters. The molecule has 0 bridgehead atoms. The van der Waals surface area contributed by atoms with Crippen LogP contribution in [-0.2, 0) is 16.1 Å². The molecule has 212 valence electrons. The lowest BCUT2D eigenvalue weighted by Crippen LogP contribution is -2.54. The molecule has 0 saturated carbocycles. The molecular formula is C32H40ClN5O2. The second kappa shape index (κ2) is 12.2. The van der Waals surface area contributed by atoms with Crippen molar-refractivity contribution in [3.05, 3.63) is 84.2 Å². The van der Waals surface area contributed by atoms with Crippen molar-refractivity contribution >= 4 is 24.1 Å². The summed E-state index contributed by atoms with van der Waals surface area (Å²) in [6.07, 6.45) is 6.84. The third-order valence-corrected chi connectivity index (χ3v) is 9.40. The topological polar surface area (TPSA) is 70.5 Å². The van der Waals surface area contributed by atoms with Gasteiger partial charge in [0, 0.05) is 56.8 Å². The number of carbonyl (C=O) groups excluding carboxylic acids is 2. The summed E-state index contributed by atoms with van der Waals surface area (Å²) >= 11 is 0. The third-order valence-electron chi connectivity index (χ3n) is 9.40. The number of piperidine rings is 1. The molecule has 1 aromatic heterocycles. The van der Waals surface area contributed by atoms with Crippen LogP contribution in [0, 0.1) is 11.3 Å². The third kappa shape index (κ3) is 5.47. The number of amides is 1. The van der Waals surface area contributed by atoms with Crippen molar-refractivity contribution in [2.45, 2.75) is 51.1 Å². The number of hydrogen-bond acceptors (Lipinski definition) is 5. The summed E-state index contributed by atoms with van der Waals surface area (Å²) < 4.78 is 1.84. The molecule has 0 aliphatic carbocycles. The Labute approximate surface area is 243 Å². The highest BCUT2D eigenvalue weighted by Gasteiger charge is 2.50. The zero-order valence-electron chi connectivity index (χ0n) is 23.2. The molecular weight excluding hydrogens is 522 g/mol. The summed E-state index contributed by atoms with van der Waals surface area (Å²) in [5.74, 6) is 1.22. The van der Waals surface area contributed by atoms with Gasteiger partial charge < -0.3 is 10.2 Å². The zero-order chi connectivity index (χ0) is 26.8. The maximum Gasteiger partial charge on any atom is 0.229 e. The number of nitrogens with one attached hydrogen (secondary N) is 1. The highest BCUT2D eigenvalue weighted by Crippen LogP contribution is 2.44. The summed E-state index contributed by atoms with van der Waals surface area (Å²) in [7, 11) is 0. The Kier molecular flexibility index (Phi) is 8.74. The highest BCUT2D eigenvalue weighted by atomic mass is 35.5. The van der Waals surface area contributed by atoms with E-state index in [4.69, 9.17) is 0 Å². The minimum Gasteiger partial charge on any atom is -0.338 e. The van der Waals surface area contributed by atoms with Crippen LogP contribution in [-0.4, -0.2) is 70.0 Å². The molecule has 6 rings (SSSR count). The molecule has 3 aromatic rings. The van der Waals surface area contributed by atoms with Crippen LogP contribution in [0.1, 0.15) is 49.7 Å². The van der Waals surface area contributed by atoms with Crippen molar-refractivity contribution in [2.24, 2.45) is 11.3 Å². The molecule has 1 spiro atoms. The van der Waals surface area contributed by atoms with Gasteiger partial charge in [0.2, 0.25) is 5.91 Å². The van der Waals surface area contributed by atoms with Crippen molar-refractivity contribution in [2.75, 3.05) is 32.7 Å². The van der Waals surface area contributed by atoms with E-state index in [-0.39, 0.29) is 29.8 Å². The van der Waals surface area contributed by atoms with E-state index in [1.807, 2.05) is 28.8 Å². The van der Waals surface area contributed by atoms with Gasteiger partial charge in [-0.1, -0.05) is 49.4 Å². The number of aromatic nitrogens is 2. The van der Waals surface area contributed by atoms with Crippen molar-refractivity contribution < 1.29 is 9.59 Å². The van der Waals surface area contributed by atoms with Gasteiger partial charge >= 0.3 is 0 Å². The average Bonchev–Trinajstić information content (AvgIpc) is 3.74. The van der Waals surface area contributed by atoms with E-state index < -0.39 is 0 Å². The van der Waals surface area contributed by atoms with Gasteiger partial charge in [0.05, 0.1) is 17.1 Å². The Morgan fingerprint density at radius 2 is 1.73 bits per heavy atom. The van der Waals surface area contributed by atoms with Crippen LogP contribution >= 0.6 is 12.4 Å². The molecule has 3 aliphatic rings. The van der Waals surface area contributed by atoms with Gasteiger partial charge in [-0.3, -0.25) is 14.5 Å². The maximum atomic E-state index is 13.7. The van der Waals surface area contributed by atoms with Crippen molar-refractivity contribution in [1.29, 1.82) is 0 Å². The maximum absolute atomic E-state index is 13.7. The van der Waals surface area contributed by atoms with Crippen LogP contribution in [0.15, 0.2) is 73.1 Å². The largest absolute Gasteiger partial charge is 0.338 e. The number of halogens is 1. The van der Waals surface area contributed by atoms with Crippen molar-refractivity contribution in [3.8, 4) is 5.69 Å². The van der Waals surface area contributed by atoms with Crippen LogP contribution in [0.25, 0.3) is 5.69 Å². The standard InChI is InChI=1S/C32H39N5O2.ClH/c1-2-29(38)30(28-22-33-21-27(28)25-7-4-3-5-8-25)35-18-13-32(14-19-35)15-20-36(31(32)39)23-24-9-11-26(12-10-24)37-17-6-16-34-37;/h3-12,16-17,27-28,30,33H,2,13-15,18-23H2,1H3;1H/t27-,28-,30?;/m1./s1. The van der Waals surface area contributed by atoms with Crippen LogP contribution in [0.4, 0.5) is 0 Å². The Bertz CT molecular complexity index is 1270. The summed E-state index contributed by atoms with van der Waals surface area (Å²) in [5.41, 5.74) is 3.19. The first kappa shape index (κ1) is 28.5. The van der Waals surface area contributed by atoms with Crippen LogP contribution in [0.2, 0.25) is 0 Å². The molecule has 3 saturated heterocycles. The van der Waals surface area contributed by atoms with Gasteiger partial charge in [0.1, 0.15) is 5.78 Å². The summed E-state index contributed by atoms with van der Waals surface area (Å²) in [4.78, 5) is 31.5. The summed E-state index contributed by atoms with van der Waals surface area (Å²) in [6, 6.07) is 20.8. The second-order valence-electron chi connectivity index (χ2n) is 11.5. The molecule has 2 aromatic carbocycles. The number of nitrogens with zero attached hydrogens (tertiary/aromatic N) is 4. The first-order chi connectivity index (χ1) is 19.1. The number of ketones is 1. The number of rotatable bonds is 8. The molecule has 40 heavy (non-hydrogen) atoms. The lowest BCUT2D eigenvalue weighted by Gasteiger charge is -2.43. The smallest absolute Gasteiger partial charge is 0.229 e. The fraction of sp³-hybridized carbons (Fsp3) is 0.469. The molecule has 1 N–H and O–H groups in total. The van der Waals surface area contributed by atoms with Gasteiger partial charge in [0.25, 0.3) is 0 Å². The molecule has 3 aliphatic heterocycles. The van der Waals surface area contributed by atoms with Gasteiger partial charge in [-0.15, -0.1) is 12.4 Å². The van der Waals surface area contributed by atoms with Gasteiger partial charge in [-0.05, 0) is 61.7 Å². The monoisotopic (exact) mass is 561 g/mol. The lowest BCUT2D eigenvalue weighted by atomic mass is 9.75. The highest BCUT2D eigenvalue weighted by molar-refractivity contribution is 5.86. The van der Waals surface area contributed by atoms with Crippen LogP contribution in [0.3, 0.4) is 0 Å². The second-order valence-corrected chi connectivity index (χ2v) is 11.5. The molecule has 3 fully saturated rings. The van der Waals surface area contributed by atoms with E-state index >= 15 is 0 Å². The number of likely N-dealkylation sites (tertiary alicyclic amines) is 2. The fourth-order valence-electron chi connectivity index (χ4n) is 7.15. The first-order valence-corrected chi connectivity index (χ1v) is 14.5. The van der Waals surface area contributed by atoms with Crippen molar-refractivity contribution in [1.82, 2.24) is 24.9 Å². The van der Waals surface area contributed by atoms with E-state index in [1.165, 1.54) is 5.56 Å². The van der Waals surface area contributed by atoms with E-state index in [0.29, 0.717) is 30.6 Å². The lowest BCUT2D eigenvalue weighted by molar-refractivity contribution is -0.140. The molecule has 0 radical (unpaired) electrons. The number of hydrogen-bond donors (Lipinski definition) is 1. The number of Topliss-reactive ketones (excluding diaryl/α,β-unsaturated/α-hetero) is 1.